The molecule has 0 bridgehead atoms. The number of oxazole rings is 1. The van der Waals surface area contributed by atoms with Crippen molar-refractivity contribution in [1.82, 2.24) is 20.0 Å². The highest BCUT2D eigenvalue weighted by atomic mass is 19.1. The second-order valence-electron chi connectivity index (χ2n) is 7.55. The number of benzene rings is 2. The van der Waals surface area contributed by atoms with Crippen molar-refractivity contribution in [2.24, 2.45) is 0 Å². The number of halogens is 1. The lowest BCUT2D eigenvalue weighted by atomic mass is 9.97. The van der Waals surface area contributed by atoms with Crippen LogP contribution >= 0.6 is 0 Å². The number of aromatic nitrogens is 3. The molecule has 0 spiro atoms. The van der Waals surface area contributed by atoms with E-state index in [1.54, 1.807) is 19.1 Å². The van der Waals surface area contributed by atoms with Crippen LogP contribution in [0.15, 0.2) is 51.4 Å². The van der Waals surface area contributed by atoms with E-state index >= 15 is 0 Å². The molecule has 5 rings (SSSR count). The molecule has 0 amide bonds. The van der Waals surface area contributed by atoms with Crippen molar-refractivity contribution in [2.45, 2.75) is 32.2 Å². The monoisotopic (exact) mass is 392 g/mol. The normalized spacial score (nSPS) is 15.9. The number of para-hydroxylation sites is 2. The van der Waals surface area contributed by atoms with Gasteiger partial charge in [-0.2, -0.15) is 4.98 Å². The van der Waals surface area contributed by atoms with Gasteiger partial charge in [-0.1, -0.05) is 29.4 Å². The number of aryl methyl sites for hydroxylation is 1. The minimum Gasteiger partial charge on any atom is -0.440 e. The smallest absolute Gasteiger partial charge is 0.241 e. The van der Waals surface area contributed by atoms with E-state index in [-0.39, 0.29) is 5.82 Å². The zero-order valence-electron chi connectivity index (χ0n) is 16.1. The molecule has 0 unspecified atom stereocenters. The molecule has 1 aliphatic heterocycles. The largest absolute Gasteiger partial charge is 0.440 e. The summed E-state index contributed by atoms with van der Waals surface area (Å²) in [6.45, 7) is 4.12. The Morgan fingerprint density at radius 2 is 1.93 bits per heavy atom. The minimum atomic E-state index is -0.268. The molecule has 4 aromatic rings. The summed E-state index contributed by atoms with van der Waals surface area (Å²) < 4.78 is 25.1. The molecule has 0 saturated carbocycles. The number of piperidine rings is 1. The van der Waals surface area contributed by atoms with Crippen molar-refractivity contribution in [3.05, 3.63) is 65.6 Å². The fourth-order valence-corrected chi connectivity index (χ4v) is 3.76. The second-order valence-corrected chi connectivity index (χ2v) is 7.55. The fraction of sp³-hybridized carbons (Fsp3) is 0.318. The average Bonchev–Trinajstić information content (AvgIpc) is 3.38. The van der Waals surface area contributed by atoms with Crippen molar-refractivity contribution >= 4 is 11.1 Å². The van der Waals surface area contributed by atoms with Crippen LogP contribution in [0.2, 0.25) is 0 Å². The molecule has 1 fully saturated rings. The maximum absolute atomic E-state index is 13.8. The number of nitrogens with zero attached hydrogens (tertiary/aromatic N) is 4. The van der Waals surface area contributed by atoms with E-state index in [0.29, 0.717) is 35.3 Å². The minimum absolute atomic E-state index is 0.268. The fourth-order valence-electron chi connectivity index (χ4n) is 3.76. The Bertz CT molecular complexity index is 1110. The highest BCUT2D eigenvalue weighted by Crippen LogP contribution is 2.30. The molecule has 29 heavy (non-hydrogen) atoms. The SMILES string of the molecule is Cc1ccc(-c2noc(CN3CCC(c4nc5ccccc5o4)CC3)n2)cc1F. The molecule has 1 saturated heterocycles. The number of hydrogen-bond acceptors (Lipinski definition) is 6. The van der Waals surface area contributed by atoms with Gasteiger partial charge in [-0.05, 0) is 56.6 Å². The molecule has 0 N–H and O–H groups in total. The van der Waals surface area contributed by atoms with Crippen LogP contribution in [-0.2, 0) is 6.54 Å². The van der Waals surface area contributed by atoms with E-state index in [1.165, 1.54) is 6.07 Å². The molecule has 0 atom stereocenters. The van der Waals surface area contributed by atoms with Gasteiger partial charge < -0.3 is 8.94 Å². The Kier molecular flexibility index (Phi) is 4.60. The summed E-state index contributed by atoms with van der Waals surface area (Å²) in [6.07, 6.45) is 1.94. The highest BCUT2D eigenvalue weighted by Gasteiger charge is 2.25. The van der Waals surface area contributed by atoms with Crippen LogP contribution in [0.3, 0.4) is 0 Å². The zero-order valence-corrected chi connectivity index (χ0v) is 16.1. The van der Waals surface area contributed by atoms with Crippen LogP contribution < -0.4 is 0 Å². The highest BCUT2D eigenvalue weighted by molar-refractivity contribution is 5.72. The van der Waals surface area contributed by atoms with E-state index in [2.05, 4.69) is 20.0 Å². The maximum Gasteiger partial charge on any atom is 0.241 e. The van der Waals surface area contributed by atoms with Gasteiger partial charge in [0.1, 0.15) is 11.3 Å². The van der Waals surface area contributed by atoms with E-state index < -0.39 is 0 Å². The van der Waals surface area contributed by atoms with Crippen LogP contribution in [-0.4, -0.2) is 33.1 Å². The van der Waals surface area contributed by atoms with Crippen molar-refractivity contribution < 1.29 is 13.3 Å². The van der Waals surface area contributed by atoms with Gasteiger partial charge in [-0.3, -0.25) is 4.90 Å². The van der Waals surface area contributed by atoms with Gasteiger partial charge in [-0.15, -0.1) is 0 Å². The average molecular weight is 392 g/mol. The Morgan fingerprint density at radius 3 is 2.72 bits per heavy atom. The third-order valence-corrected chi connectivity index (χ3v) is 5.50. The van der Waals surface area contributed by atoms with E-state index in [0.717, 1.165) is 42.9 Å². The zero-order chi connectivity index (χ0) is 19.8. The topological polar surface area (TPSA) is 68.2 Å². The first kappa shape index (κ1) is 18.0. The second kappa shape index (κ2) is 7.40. The van der Waals surface area contributed by atoms with Crippen LogP contribution in [0, 0.1) is 12.7 Å². The van der Waals surface area contributed by atoms with Gasteiger partial charge in [0, 0.05) is 11.5 Å². The van der Waals surface area contributed by atoms with Crippen molar-refractivity contribution in [3.8, 4) is 11.4 Å². The number of fused-ring (bicyclic) bond motifs is 1. The first-order valence-electron chi connectivity index (χ1n) is 9.82. The van der Waals surface area contributed by atoms with Gasteiger partial charge in [0.15, 0.2) is 11.5 Å². The first-order valence-corrected chi connectivity index (χ1v) is 9.82. The molecule has 1 aliphatic rings. The van der Waals surface area contributed by atoms with E-state index in [4.69, 9.17) is 8.94 Å². The lowest BCUT2D eigenvalue weighted by molar-refractivity contribution is 0.173. The molecule has 7 heteroatoms. The molecule has 0 radical (unpaired) electrons. The summed E-state index contributed by atoms with van der Waals surface area (Å²) in [5, 5.41) is 4.01. The molecular weight excluding hydrogens is 371 g/mol. The summed E-state index contributed by atoms with van der Waals surface area (Å²) in [5.41, 5.74) is 2.98. The Morgan fingerprint density at radius 1 is 1.10 bits per heavy atom. The predicted molar refractivity (Wildman–Crippen MR) is 106 cm³/mol. The standard InChI is InChI=1S/C22H21FN4O2/c1-14-6-7-16(12-17(14)23)21-25-20(29-26-21)13-27-10-8-15(9-11-27)22-24-18-4-2-3-5-19(18)28-22/h2-7,12,15H,8-11,13H2,1H3. The number of likely N-dealkylation sites (tertiary alicyclic amines) is 1. The lowest BCUT2D eigenvalue weighted by Crippen LogP contribution is -2.32. The Hall–Kier alpha value is -3.06. The number of rotatable bonds is 4. The van der Waals surface area contributed by atoms with Gasteiger partial charge in [0.25, 0.3) is 0 Å². The van der Waals surface area contributed by atoms with E-state index in [9.17, 15) is 4.39 Å². The van der Waals surface area contributed by atoms with Crippen LogP contribution in [0.25, 0.3) is 22.5 Å². The Balaban J connectivity index is 1.22. The summed E-state index contributed by atoms with van der Waals surface area (Å²) in [5.74, 6) is 1.84. The molecule has 148 valence electrons. The summed E-state index contributed by atoms with van der Waals surface area (Å²) in [6, 6.07) is 12.8. The van der Waals surface area contributed by atoms with E-state index in [1.807, 2.05) is 24.3 Å². The van der Waals surface area contributed by atoms with Gasteiger partial charge in [0.05, 0.1) is 6.54 Å². The van der Waals surface area contributed by atoms with Crippen molar-refractivity contribution in [2.75, 3.05) is 13.1 Å². The third kappa shape index (κ3) is 3.65. The van der Waals surface area contributed by atoms with Crippen molar-refractivity contribution in [3.63, 3.8) is 0 Å². The lowest BCUT2D eigenvalue weighted by Gasteiger charge is -2.29. The predicted octanol–water partition coefficient (Wildman–Crippen LogP) is 4.70. The third-order valence-electron chi connectivity index (χ3n) is 5.50. The van der Waals surface area contributed by atoms with Crippen LogP contribution in [0.5, 0.6) is 0 Å². The molecule has 2 aromatic carbocycles. The quantitative estimate of drug-likeness (QED) is 0.501. The molecule has 0 aliphatic carbocycles. The van der Waals surface area contributed by atoms with Crippen molar-refractivity contribution in [1.29, 1.82) is 0 Å². The summed E-state index contributed by atoms with van der Waals surface area (Å²) in [4.78, 5) is 11.4. The number of hydrogen-bond donors (Lipinski definition) is 0. The molecule has 2 aromatic heterocycles. The van der Waals surface area contributed by atoms with Gasteiger partial charge >= 0.3 is 0 Å². The molecular formula is C22H21FN4O2. The van der Waals surface area contributed by atoms with Gasteiger partial charge in [-0.25, -0.2) is 9.37 Å². The first-order chi connectivity index (χ1) is 14.2. The maximum atomic E-state index is 13.8. The Labute approximate surface area is 167 Å². The van der Waals surface area contributed by atoms with Crippen LogP contribution in [0.1, 0.15) is 36.1 Å². The summed E-state index contributed by atoms with van der Waals surface area (Å²) >= 11 is 0. The molecule has 3 heterocycles. The van der Waals surface area contributed by atoms with Gasteiger partial charge in [0.2, 0.25) is 11.7 Å². The molecule has 6 nitrogen and oxygen atoms in total. The summed E-state index contributed by atoms with van der Waals surface area (Å²) in [7, 11) is 0. The van der Waals surface area contributed by atoms with Crippen LogP contribution in [0.4, 0.5) is 4.39 Å².